The molecular weight excluding hydrogens is 262 g/mol. The van der Waals surface area contributed by atoms with Crippen molar-refractivity contribution in [2.75, 3.05) is 31.9 Å². The Morgan fingerprint density at radius 2 is 1.95 bits per heavy atom. The molecule has 1 saturated heterocycles. The molecule has 0 spiro atoms. The van der Waals surface area contributed by atoms with E-state index in [-0.39, 0.29) is 5.91 Å². The van der Waals surface area contributed by atoms with Crippen LogP contribution in [0.1, 0.15) is 37.7 Å². The fourth-order valence-corrected chi connectivity index (χ4v) is 2.81. The van der Waals surface area contributed by atoms with Crippen molar-refractivity contribution in [3.63, 3.8) is 0 Å². The lowest BCUT2D eigenvalue weighted by molar-refractivity contribution is -0.121. The molecule has 0 aliphatic carbocycles. The molecule has 0 atom stereocenters. The Morgan fingerprint density at radius 1 is 1.19 bits per heavy atom. The highest BCUT2D eigenvalue weighted by Crippen LogP contribution is 2.12. The van der Waals surface area contributed by atoms with Crippen molar-refractivity contribution in [2.45, 2.75) is 38.5 Å². The molecular formula is C17H27N3O. The minimum Gasteiger partial charge on any atom is -0.399 e. The van der Waals surface area contributed by atoms with Crippen molar-refractivity contribution in [1.82, 2.24) is 10.2 Å². The summed E-state index contributed by atoms with van der Waals surface area (Å²) in [5, 5.41) is 3.01. The Hall–Kier alpha value is -1.55. The second kappa shape index (κ2) is 8.67. The number of nitrogens with one attached hydrogen (secondary N) is 1. The molecule has 4 heteroatoms. The summed E-state index contributed by atoms with van der Waals surface area (Å²) in [7, 11) is 0. The minimum atomic E-state index is 0.122. The second-order valence-electron chi connectivity index (χ2n) is 5.80. The van der Waals surface area contributed by atoms with Crippen LogP contribution in [0, 0.1) is 0 Å². The molecule has 116 valence electrons. The van der Waals surface area contributed by atoms with Gasteiger partial charge in [-0.05, 0) is 56.9 Å². The van der Waals surface area contributed by atoms with Crippen LogP contribution in [0.2, 0.25) is 0 Å². The lowest BCUT2D eigenvalue weighted by Gasteiger charge is -2.26. The Balaban J connectivity index is 1.56. The van der Waals surface area contributed by atoms with E-state index in [1.807, 2.05) is 24.3 Å². The van der Waals surface area contributed by atoms with Crippen molar-refractivity contribution in [3.8, 4) is 0 Å². The zero-order valence-corrected chi connectivity index (χ0v) is 12.8. The van der Waals surface area contributed by atoms with Gasteiger partial charge in [0.1, 0.15) is 0 Å². The number of anilines is 1. The average Bonchev–Trinajstić information content (AvgIpc) is 2.52. The summed E-state index contributed by atoms with van der Waals surface area (Å²) >= 11 is 0. The fourth-order valence-electron chi connectivity index (χ4n) is 2.81. The SMILES string of the molecule is Nc1ccccc1CCC(=O)NCCCN1CCCCC1. The van der Waals surface area contributed by atoms with Crippen LogP contribution in [0.5, 0.6) is 0 Å². The Bertz CT molecular complexity index is 441. The first-order valence-electron chi connectivity index (χ1n) is 8.08. The predicted molar refractivity (Wildman–Crippen MR) is 87.1 cm³/mol. The number of carbonyl (C=O) groups excluding carboxylic acids is 1. The van der Waals surface area contributed by atoms with Crippen molar-refractivity contribution >= 4 is 11.6 Å². The van der Waals surface area contributed by atoms with E-state index in [0.29, 0.717) is 12.8 Å². The van der Waals surface area contributed by atoms with Crippen LogP contribution < -0.4 is 11.1 Å². The first-order valence-corrected chi connectivity index (χ1v) is 8.08. The van der Waals surface area contributed by atoms with Gasteiger partial charge in [0.15, 0.2) is 0 Å². The average molecular weight is 289 g/mol. The molecule has 0 bridgehead atoms. The monoisotopic (exact) mass is 289 g/mol. The Labute approximate surface area is 127 Å². The number of carbonyl (C=O) groups is 1. The molecule has 0 saturated carbocycles. The van der Waals surface area contributed by atoms with E-state index in [4.69, 9.17) is 5.73 Å². The molecule has 1 heterocycles. The number of piperidine rings is 1. The predicted octanol–water partition coefficient (Wildman–Crippen LogP) is 2.19. The van der Waals surface area contributed by atoms with Gasteiger partial charge in [0.2, 0.25) is 5.91 Å². The molecule has 1 aliphatic heterocycles. The van der Waals surface area contributed by atoms with Gasteiger partial charge in [-0.2, -0.15) is 0 Å². The van der Waals surface area contributed by atoms with E-state index in [1.165, 1.54) is 32.4 Å². The molecule has 1 aromatic carbocycles. The standard InChI is InChI=1S/C17H27N3O/c18-16-8-3-2-7-15(16)9-10-17(21)19-11-6-14-20-12-4-1-5-13-20/h2-3,7-8H,1,4-6,9-14,18H2,(H,19,21). The van der Waals surface area contributed by atoms with Gasteiger partial charge in [-0.1, -0.05) is 24.6 Å². The van der Waals surface area contributed by atoms with Gasteiger partial charge in [0.05, 0.1) is 0 Å². The van der Waals surface area contributed by atoms with Crippen molar-refractivity contribution < 1.29 is 4.79 Å². The van der Waals surface area contributed by atoms with Crippen LogP contribution in [0.4, 0.5) is 5.69 Å². The number of rotatable bonds is 7. The molecule has 1 amide bonds. The maximum atomic E-state index is 11.8. The van der Waals surface area contributed by atoms with E-state index < -0.39 is 0 Å². The highest BCUT2D eigenvalue weighted by Gasteiger charge is 2.09. The van der Waals surface area contributed by atoms with Gasteiger partial charge in [-0.3, -0.25) is 4.79 Å². The molecule has 1 fully saturated rings. The molecule has 21 heavy (non-hydrogen) atoms. The molecule has 2 rings (SSSR count). The van der Waals surface area contributed by atoms with Crippen LogP contribution in [0.25, 0.3) is 0 Å². The van der Waals surface area contributed by atoms with Crippen LogP contribution in [-0.2, 0) is 11.2 Å². The maximum Gasteiger partial charge on any atom is 0.220 e. The van der Waals surface area contributed by atoms with Crippen molar-refractivity contribution in [1.29, 1.82) is 0 Å². The second-order valence-corrected chi connectivity index (χ2v) is 5.80. The number of nitrogen functional groups attached to an aromatic ring is 1. The number of para-hydroxylation sites is 1. The van der Waals surface area contributed by atoms with Crippen LogP contribution in [0.15, 0.2) is 24.3 Å². The van der Waals surface area contributed by atoms with E-state index in [9.17, 15) is 4.79 Å². The number of aryl methyl sites for hydroxylation is 1. The third-order valence-corrected chi connectivity index (χ3v) is 4.10. The minimum absolute atomic E-state index is 0.122. The first-order chi connectivity index (χ1) is 10.3. The maximum absolute atomic E-state index is 11.8. The van der Waals surface area contributed by atoms with Gasteiger partial charge in [0.25, 0.3) is 0 Å². The van der Waals surface area contributed by atoms with Crippen LogP contribution in [0.3, 0.4) is 0 Å². The Morgan fingerprint density at radius 3 is 2.71 bits per heavy atom. The molecule has 0 radical (unpaired) electrons. The fraction of sp³-hybridized carbons (Fsp3) is 0.588. The van der Waals surface area contributed by atoms with Crippen LogP contribution >= 0.6 is 0 Å². The number of nitrogens with two attached hydrogens (primary N) is 1. The highest BCUT2D eigenvalue weighted by molar-refractivity contribution is 5.76. The number of nitrogens with zero attached hydrogens (tertiary/aromatic N) is 1. The lowest BCUT2D eigenvalue weighted by atomic mass is 10.1. The first kappa shape index (κ1) is 15.8. The molecule has 1 aromatic rings. The van der Waals surface area contributed by atoms with Gasteiger partial charge >= 0.3 is 0 Å². The lowest BCUT2D eigenvalue weighted by Crippen LogP contribution is -2.33. The summed E-state index contributed by atoms with van der Waals surface area (Å²) in [5.74, 6) is 0.122. The molecule has 4 nitrogen and oxygen atoms in total. The number of benzene rings is 1. The number of hydrogen-bond acceptors (Lipinski definition) is 3. The van der Waals surface area contributed by atoms with Crippen molar-refractivity contribution in [3.05, 3.63) is 29.8 Å². The van der Waals surface area contributed by atoms with Crippen LogP contribution in [-0.4, -0.2) is 37.0 Å². The number of likely N-dealkylation sites (tertiary alicyclic amines) is 1. The van der Waals surface area contributed by atoms with E-state index in [2.05, 4.69) is 10.2 Å². The van der Waals surface area contributed by atoms with Crippen molar-refractivity contribution in [2.24, 2.45) is 0 Å². The smallest absolute Gasteiger partial charge is 0.220 e. The molecule has 0 aromatic heterocycles. The van der Waals surface area contributed by atoms with Gasteiger partial charge < -0.3 is 16.0 Å². The summed E-state index contributed by atoms with van der Waals surface area (Å²) < 4.78 is 0. The van der Waals surface area contributed by atoms with E-state index >= 15 is 0 Å². The summed E-state index contributed by atoms with van der Waals surface area (Å²) in [4.78, 5) is 14.3. The number of hydrogen-bond donors (Lipinski definition) is 2. The normalized spacial score (nSPS) is 15.8. The molecule has 1 aliphatic rings. The zero-order chi connectivity index (χ0) is 14.9. The van der Waals surface area contributed by atoms with Gasteiger partial charge in [-0.15, -0.1) is 0 Å². The topological polar surface area (TPSA) is 58.4 Å². The Kier molecular flexibility index (Phi) is 6.54. The zero-order valence-electron chi connectivity index (χ0n) is 12.8. The third-order valence-electron chi connectivity index (χ3n) is 4.10. The molecule has 3 N–H and O–H groups in total. The number of amides is 1. The summed E-state index contributed by atoms with van der Waals surface area (Å²) in [6, 6.07) is 7.74. The van der Waals surface area contributed by atoms with Gasteiger partial charge in [-0.25, -0.2) is 0 Å². The van der Waals surface area contributed by atoms with E-state index in [0.717, 1.165) is 30.8 Å². The molecule has 0 unspecified atom stereocenters. The quantitative estimate of drug-likeness (QED) is 0.597. The summed E-state index contributed by atoms with van der Waals surface area (Å²) in [5.41, 5.74) is 7.70. The summed E-state index contributed by atoms with van der Waals surface area (Å²) in [6.45, 7) is 4.33. The highest BCUT2D eigenvalue weighted by atomic mass is 16.1. The van der Waals surface area contributed by atoms with Gasteiger partial charge in [0, 0.05) is 18.7 Å². The summed E-state index contributed by atoms with van der Waals surface area (Å²) in [6.07, 6.45) is 6.29. The third kappa shape index (κ3) is 5.76. The van der Waals surface area contributed by atoms with E-state index in [1.54, 1.807) is 0 Å². The largest absolute Gasteiger partial charge is 0.399 e.